The van der Waals surface area contributed by atoms with Crippen LogP contribution in [0.2, 0.25) is 10.0 Å². The van der Waals surface area contributed by atoms with Gasteiger partial charge in [-0.1, -0.05) is 88.4 Å². The molecule has 0 radical (unpaired) electrons. The fourth-order valence-electron chi connectivity index (χ4n) is 14.0. The van der Waals surface area contributed by atoms with E-state index < -0.39 is 0 Å². The van der Waals surface area contributed by atoms with Crippen molar-refractivity contribution >= 4 is 23.2 Å². The van der Waals surface area contributed by atoms with Crippen LogP contribution in [0.4, 0.5) is 0 Å². The third-order valence-electron chi connectivity index (χ3n) is 11.7. The van der Waals surface area contributed by atoms with Crippen LogP contribution in [0.1, 0.15) is 130 Å². The Morgan fingerprint density at radius 1 is 0.447 bits per heavy atom. The maximum Gasteiger partial charge on any atom is 0.0761 e. The van der Waals surface area contributed by atoms with Crippen molar-refractivity contribution in [2.24, 2.45) is 43.3 Å². The molecule has 8 fully saturated rings. The van der Waals surface area contributed by atoms with E-state index in [-0.39, 0.29) is 10.8 Å². The molecule has 0 spiro atoms. The summed E-state index contributed by atoms with van der Waals surface area (Å²) in [6.07, 6.45) is 15.5. The van der Waals surface area contributed by atoms with Gasteiger partial charge >= 0.3 is 0 Å². The Kier molecular flexibility index (Phi) is 5.04. The van der Waals surface area contributed by atoms with Gasteiger partial charge in [0.15, 0.2) is 0 Å². The molecule has 0 aliphatic heterocycles. The van der Waals surface area contributed by atoms with Crippen LogP contribution in [0.3, 0.4) is 0 Å². The molecular weight excluding hydrogens is 503 g/mol. The lowest BCUT2D eigenvalue weighted by Gasteiger charge is -2.68. The first-order chi connectivity index (χ1) is 17.5. The van der Waals surface area contributed by atoms with E-state index >= 15 is 0 Å². The van der Waals surface area contributed by atoms with Crippen LogP contribution in [-0.4, -0.2) is 0 Å². The lowest BCUT2D eigenvalue weighted by molar-refractivity contribution is -0.162. The Hall–Kier alpha value is -1.08. The van der Waals surface area contributed by atoms with Crippen LogP contribution in [0.15, 0.2) is 12.1 Å². The molecule has 0 nitrogen and oxygen atoms in total. The maximum absolute atomic E-state index is 6.89. The van der Waals surface area contributed by atoms with E-state index in [1.165, 1.54) is 77.0 Å². The smallest absolute Gasteiger partial charge is 0.0761 e. The van der Waals surface area contributed by atoms with Crippen LogP contribution in [-0.2, 0) is 0 Å². The van der Waals surface area contributed by atoms with Crippen LogP contribution in [0.5, 0.6) is 0 Å². The van der Waals surface area contributed by atoms with Crippen molar-refractivity contribution in [2.75, 3.05) is 0 Å². The molecule has 0 heterocycles. The van der Waals surface area contributed by atoms with E-state index in [2.05, 4.69) is 77.4 Å². The summed E-state index contributed by atoms with van der Waals surface area (Å²) in [5.74, 6) is 14.7. The largest absolute Gasteiger partial charge is 0.0910 e. The van der Waals surface area contributed by atoms with Crippen molar-refractivity contribution in [3.05, 3.63) is 33.3 Å². The van der Waals surface area contributed by atoms with E-state index in [9.17, 15) is 0 Å². The molecule has 0 saturated heterocycles. The first-order valence-electron chi connectivity index (χ1n) is 15.0. The second kappa shape index (κ2) is 7.40. The molecule has 0 N–H and O–H groups in total. The monoisotopic (exact) mass is 546 g/mol. The zero-order chi connectivity index (χ0) is 27.0. The predicted octanol–water partition coefficient (Wildman–Crippen LogP) is 10.5. The fourth-order valence-corrected chi connectivity index (χ4v) is 14.4. The number of halogens is 2. The Bertz CT molecular complexity index is 1160. The molecule has 1 aromatic rings. The highest BCUT2D eigenvalue weighted by atomic mass is 35.5. The summed E-state index contributed by atoms with van der Waals surface area (Å²) in [6, 6.07) is 4.14. The third-order valence-corrected chi connectivity index (χ3v) is 12.6. The van der Waals surface area contributed by atoms with Gasteiger partial charge in [-0.2, -0.15) is 0 Å². The SMILES string of the molecule is CC12CC3(C)CC(C)(C1)CC(C#Cc1ccc(C#CC45CC6(C)CC(C)(CC(C)(C6)C4)C5)c(Cl)c1Cl)(C2)C3. The highest BCUT2D eigenvalue weighted by molar-refractivity contribution is 6.43. The molecule has 1 aromatic carbocycles. The van der Waals surface area contributed by atoms with Crippen LogP contribution in [0, 0.1) is 67.0 Å². The Morgan fingerprint density at radius 3 is 0.921 bits per heavy atom. The molecule has 8 aliphatic rings. The van der Waals surface area contributed by atoms with Gasteiger partial charge in [-0.3, -0.25) is 0 Å². The number of hydrogen-bond acceptors (Lipinski definition) is 0. The van der Waals surface area contributed by atoms with Crippen molar-refractivity contribution < 1.29 is 0 Å². The molecule has 0 aromatic heterocycles. The predicted molar refractivity (Wildman–Crippen MR) is 159 cm³/mol. The van der Waals surface area contributed by atoms with Gasteiger partial charge in [0, 0.05) is 22.0 Å². The summed E-state index contributed by atoms with van der Waals surface area (Å²) in [5.41, 5.74) is 4.51. The lowest BCUT2D eigenvalue weighted by Crippen LogP contribution is -2.58. The number of benzene rings is 1. The quantitative estimate of drug-likeness (QED) is 0.284. The molecule has 8 aliphatic carbocycles. The van der Waals surface area contributed by atoms with Gasteiger partial charge in [-0.05, 0) is 122 Å². The first-order valence-corrected chi connectivity index (χ1v) is 15.8. The molecule has 9 rings (SSSR count). The van der Waals surface area contributed by atoms with Crippen molar-refractivity contribution in [3.63, 3.8) is 0 Å². The second-order valence-corrected chi connectivity index (χ2v) is 18.6. The summed E-state index contributed by atoms with van der Waals surface area (Å²) in [4.78, 5) is 0. The van der Waals surface area contributed by atoms with Gasteiger partial charge in [0.2, 0.25) is 0 Å². The molecule has 8 bridgehead atoms. The van der Waals surface area contributed by atoms with Crippen LogP contribution >= 0.6 is 23.2 Å². The minimum absolute atomic E-state index is 0.113. The van der Waals surface area contributed by atoms with Crippen molar-refractivity contribution in [1.29, 1.82) is 0 Å². The van der Waals surface area contributed by atoms with Crippen molar-refractivity contribution in [3.8, 4) is 23.7 Å². The van der Waals surface area contributed by atoms with Gasteiger partial charge in [0.05, 0.1) is 10.0 Å². The first kappa shape index (κ1) is 25.9. The summed E-state index contributed by atoms with van der Waals surface area (Å²) < 4.78 is 0. The minimum Gasteiger partial charge on any atom is -0.0910 e. The van der Waals surface area contributed by atoms with Gasteiger partial charge in [-0.15, -0.1) is 0 Å². The molecule has 0 unspecified atom stereocenters. The highest BCUT2D eigenvalue weighted by Crippen LogP contribution is 2.74. The summed E-state index contributed by atoms with van der Waals surface area (Å²) >= 11 is 13.8. The van der Waals surface area contributed by atoms with E-state index in [0.29, 0.717) is 42.5 Å². The third kappa shape index (κ3) is 4.02. The zero-order valence-corrected chi connectivity index (χ0v) is 25.9. The van der Waals surface area contributed by atoms with Crippen LogP contribution < -0.4 is 0 Å². The standard InChI is InChI=1S/C36H44Cl2/c1-29-13-30(2)15-31(3,14-29)21-35(19-29,20-30)11-9-25-7-8-26(28(38)27(25)37)10-12-36-22-32(4)16-33(5,23-36)18-34(6,17-32)24-36/h7-8H,13-24H2,1-6H3. The van der Waals surface area contributed by atoms with E-state index in [1.807, 2.05) is 0 Å². The molecule has 8 saturated carbocycles. The van der Waals surface area contributed by atoms with Gasteiger partial charge in [-0.25, -0.2) is 0 Å². The summed E-state index contributed by atoms with van der Waals surface area (Å²) in [7, 11) is 0. The van der Waals surface area contributed by atoms with Gasteiger partial charge in [0.1, 0.15) is 0 Å². The van der Waals surface area contributed by atoms with E-state index in [1.54, 1.807) is 0 Å². The van der Waals surface area contributed by atoms with E-state index in [4.69, 9.17) is 23.2 Å². The highest BCUT2D eigenvalue weighted by Gasteiger charge is 2.64. The lowest BCUT2D eigenvalue weighted by atomic mass is 9.36. The molecule has 0 atom stereocenters. The minimum atomic E-state index is 0.113. The normalized spacial score (nSPS) is 51.4. The second-order valence-electron chi connectivity index (χ2n) is 17.8. The van der Waals surface area contributed by atoms with Crippen molar-refractivity contribution in [1.82, 2.24) is 0 Å². The Labute approximate surface area is 241 Å². The fraction of sp³-hybridized carbons (Fsp3) is 0.722. The average molecular weight is 548 g/mol. The molecule has 2 heteroatoms. The maximum atomic E-state index is 6.89. The number of hydrogen-bond donors (Lipinski definition) is 0. The summed E-state index contributed by atoms with van der Waals surface area (Å²) in [6.45, 7) is 15.1. The molecular formula is C36H44Cl2. The Morgan fingerprint density at radius 2 is 0.684 bits per heavy atom. The molecule has 0 amide bonds. The number of rotatable bonds is 0. The molecule has 38 heavy (non-hydrogen) atoms. The van der Waals surface area contributed by atoms with E-state index in [0.717, 1.165) is 11.1 Å². The van der Waals surface area contributed by atoms with Gasteiger partial charge < -0.3 is 0 Å². The van der Waals surface area contributed by atoms with Gasteiger partial charge in [0.25, 0.3) is 0 Å². The van der Waals surface area contributed by atoms with Crippen molar-refractivity contribution in [2.45, 2.75) is 119 Å². The average Bonchev–Trinajstić information content (AvgIpc) is 2.67. The topological polar surface area (TPSA) is 0 Å². The molecule has 202 valence electrons. The van der Waals surface area contributed by atoms with Crippen LogP contribution in [0.25, 0.3) is 0 Å². The Balaban J connectivity index is 1.19. The summed E-state index contributed by atoms with van der Waals surface area (Å²) in [5, 5.41) is 1.16. The zero-order valence-electron chi connectivity index (χ0n) is 24.4.